The van der Waals surface area contributed by atoms with Gasteiger partial charge in [0.15, 0.2) is 0 Å². The number of nitrogens with one attached hydrogen (secondary N) is 1. The molecule has 0 spiro atoms. The van der Waals surface area contributed by atoms with Crippen LogP contribution in [0.1, 0.15) is 55.4 Å². The van der Waals surface area contributed by atoms with Gasteiger partial charge in [0.25, 0.3) is 5.91 Å². The Balaban J connectivity index is 1.37. The highest BCUT2D eigenvalue weighted by molar-refractivity contribution is 5.92. The minimum Gasteiger partial charge on any atom is -0.350 e. The maximum absolute atomic E-state index is 12.5. The zero-order chi connectivity index (χ0) is 18.9. The van der Waals surface area contributed by atoms with Crippen molar-refractivity contribution in [3.8, 4) is 0 Å². The molecule has 1 saturated carbocycles. The Hall–Kier alpha value is -2.02. The van der Waals surface area contributed by atoms with Gasteiger partial charge < -0.3 is 15.1 Å². The number of aromatic nitrogens is 2. The van der Waals surface area contributed by atoms with Gasteiger partial charge in [-0.05, 0) is 31.7 Å². The van der Waals surface area contributed by atoms with Crippen LogP contribution in [0.15, 0.2) is 18.6 Å². The Kier molecular flexibility index (Phi) is 7.56. The summed E-state index contributed by atoms with van der Waals surface area (Å²) >= 11 is 0. The van der Waals surface area contributed by atoms with E-state index in [0.29, 0.717) is 13.0 Å². The van der Waals surface area contributed by atoms with Crippen molar-refractivity contribution in [3.05, 3.63) is 24.3 Å². The molecule has 1 aromatic rings. The Morgan fingerprint density at radius 3 is 2.67 bits per heavy atom. The van der Waals surface area contributed by atoms with Crippen molar-refractivity contribution < 1.29 is 9.59 Å². The Morgan fingerprint density at radius 1 is 1.04 bits per heavy atom. The minimum atomic E-state index is -0.287. The van der Waals surface area contributed by atoms with Crippen LogP contribution in [0, 0.1) is 5.92 Å². The molecule has 0 unspecified atom stereocenters. The van der Waals surface area contributed by atoms with Crippen molar-refractivity contribution in [2.24, 2.45) is 5.92 Å². The largest absolute Gasteiger partial charge is 0.350 e. The fourth-order valence-corrected chi connectivity index (χ4v) is 4.09. The van der Waals surface area contributed by atoms with Gasteiger partial charge in [-0.2, -0.15) is 0 Å². The highest BCUT2D eigenvalue weighted by atomic mass is 16.2. The minimum absolute atomic E-state index is 0.119. The lowest BCUT2D eigenvalue weighted by Crippen LogP contribution is -2.38. The van der Waals surface area contributed by atoms with Gasteiger partial charge in [-0.1, -0.05) is 19.3 Å². The summed E-state index contributed by atoms with van der Waals surface area (Å²) in [6.45, 7) is 5.19. The lowest BCUT2D eigenvalue weighted by Gasteiger charge is -2.28. The molecule has 1 aliphatic carbocycles. The van der Waals surface area contributed by atoms with E-state index in [0.717, 1.165) is 38.5 Å². The van der Waals surface area contributed by atoms with Crippen molar-refractivity contribution in [1.82, 2.24) is 25.1 Å². The summed E-state index contributed by atoms with van der Waals surface area (Å²) in [5, 5.41) is 2.75. The van der Waals surface area contributed by atoms with Crippen LogP contribution in [0.2, 0.25) is 0 Å². The first kappa shape index (κ1) is 19.7. The van der Waals surface area contributed by atoms with Crippen molar-refractivity contribution in [2.75, 3.05) is 39.3 Å². The molecular formula is C20H31N5O2. The van der Waals surface area contributed by atoms with Gasteiger partial charge in [0, 0.05) is 51.5 Å². The molecule has 2 fully saturated rings. The first-order chi connectivity index (χ1) is 13.2. The predicted molar refractivity (Wildman–Crippen MR) is 103 cm³/mol. The molecule has 7 nitrogen and oxygen atoms in total. The second-order valence-electron chi connectivity index (χ2n) is 7.64. The molecule has 1 saturated heterocycles. The molecule has 7 heteroatoms. The normalized spacial score (nSPS) is 19.5. The molecule has 2 amide bonds. The lowest BCUT2D eigenvalue weighted by atomic mass is 9.89. The average Bonchev–Trinajstić information content (AvgIpc) is 2.95. The summed E-state index contributed by atoms with van der Waals surface area (Å²) in [6, 6.07) is 0. The highest BCUT2D eigenvalue weighted by Gasteiger charge is 2.22. The fourth-order valence-electron chi connectivity index (χ4n) is 4.09. The van der Waals surface area contributed by atoms with Crippen LogP contribution in [0.5, 0.6) is 0 Å². The highest BCUT2D eigenvalue weighted by Crippen LogP contribution is 2.24. The molecule has 0 radical (unpaired) electrons. The maximum Gasteiger partial charge on any atom is 0.271 e. The van der Waals surface area contributed by atoms with Gasteiger partial charge >= 0.3 is 0 Å². The van der Waals surface area contributed by atoms with Crippen LogP contribution in [0.3, 0.4) is 0 Å². The summed E-state index contributed by atoms with van der Waals surface area (Å²) in [7, 11) is 0. The monoisotopic (exact) mass is 373 g/mol. The third-order valence-corrected chi connectivity index (χ3v) is 5.60. The summed E-state index contributed by atoms with van der Waals surface area (Å²) in [4.78, 5) is 36.8. The second kappa shape index (κ2) is 10.3. The van der Waals surface area contributed by atoms with Gasteiger partial charge in [-0.3, -0.25) is 14.6 Å². The SMILES string of the molecule is O=C(NCCC(=O)N1CCCN(CC2CCCCC2)CC1)c1cnccn1. The Morgan fingerprint density at radius 2 is 1.89 bits per heavy atom. The molecule has 27 heavy (non-hydrogen) atoms. The van der Waals surface area contributed by atoms with Gasteiger partial charge in [-0.15, -0.1) is 0 Å². The van der Waals surface area contributed by atoms with Crippen molar-refractivity contribution in [1.29, 1.82) is 0 Å². The van der Waals surface area contributed by atoms with Crippen molar-refractivity contribution in [3.63, 3.8) is 0 Å². The number of nitrogens with zero attached hydrogens (tertiary/aromatic N) is 4. The first-order valence-electron chi connectivity index (χ1n) is 10.3. The molecule has 1 aliphatic heterocycles. The average molecular weight is 374 g/mol. The van der Waals surface area contributed by atoms with E-state index in [9.17, 15) is 9.59 Å². The number of amides is 2. The molecule has 1 N–H and O–H groups in total. The molecule has 2 aliphatic rings. The third kappa shape index (κ3) is 6.27. The van der Waals surface area contributed by atoms with Crippen LogP contribution in [-0.4, -0.2) is 70.9 Å². The molecule has 0 bridgehead atoms. The third-order valence-electron chi connectivity index (χ3n) is 5.60. The summed E-state index contributed by atoms with van der Waals surface area (Å²) in [5.74, 6) is 0.677. The number of carbonyl (C=O) groups is 2. The van der Waals surface area contributed by atoms with Gasteiger partial charge in [0.05, 0.1) is 6.20 Å². The topological polar surface area (TPSA) is 78.4 Å². The number of hydrogen-bond acceptors (Lipinski definition) is 5. The van der Waals surface area contributed by atoms with Crippen molar-refractivity contribution in [2.45, 2.75) is 44.9 Å². The van der Waals surface area contributed by atoms with Crippen LogP contribution < -0.4 is 5.32 Å². The van der Waals surface area contributed by atoms with Crippen LogP contribution in [0.4, 0.5) is 0 Å². The lowest BCUT2D eigenvalue weighted by molar-refractivity contribution is -0.130. The summed E-state index contributed by atoms with van der Waals surface area (Å²) in [5.41, 5.74) is 0.276. The van der Waals surface area contributed by atoms with E-state index in [-0.39, 0.29) is 17.5 Å². The fraction of sp³-hybridized carbons (Fsp3) is 0.700. The Bertz CT molecular complexity index is 604. The molecule has 0 atom stereocenters. The van der Waals surface area contributed by atoms with Gasteiger partial charge in [0.1, 0.15) is 5.69 Å². The number of rotatable bonds is 6. The maximum atomic E-state index is 12.5. The van der Waals surface area contributed by atoms with E-state index < -0.39 is 0 Å². The van der Waals surface area contributed by atoms with E-state index >= 15 is 0 Å². The smallest absolute Gasteiger partial charge is 0.271 e. The number of carbonyl (C=O) groups excluding carboxylic acids is 2. The molecular weight excluding hydrogens is 342 g/mol. The van der Waals surface area contributed by atoms with E-state index in [1.807, 2.05) is 4.90 Å². The zero-order valence-corrected chi connectivity index (χ0v) is 16.1. The summed E-state index contributed by atoms with van der Waals surface area (Å²) in [6.07, 6.45) is 12.7. The second-order valence-corrected chi connectivity index (χ2v) is 7.64. The Labute approximate surface area is 161 Å². The van der Waals surface area contributed by atoms with E-state index in [2.05, 4.69) is 20.2 Å². The quantitative estimate of drug-likeness (QED) is 0.821. The van der Waals surface area contributed by atoms with Crippen molar-refractivity contribution >= 4 is 11.8 Å². The van der Waals surface area contributed by atoms with E-state index in [4.69, 9.17) is 0 Å². The van der Waals surface area contributed by atoms with Crippen LogP contribution in [-0.2, 0) is 4.79 Å². The molecule has 3 rings (SSSR count). The van der Waals surface area contributed by atoms with E-state index in [1.165, 1.54) is 57.2 Å². The first-order valence-corrected chi connectivity index (χ1v) is 10.3. The van der Waals surface area contributed by atoms with Crippen LogP contribution in [0.25, 0.3) is 0 Å². The van der Waals surface area contributed by atoms with Gasteiger partial charge in [-0.25, -0.2) is 4.98 Å². The number of hydrogen-bond donors (Lipinski definition) is 1. The summed E-state index contributed by atoms with van der Waals surface area (Å²) < 4.78 is 0. The van der Waals surface area contributed by atoms with E-state index in [1.54, 1.807) is 0 Å². The predicted octanol–water partition coefficient (Wildman–Crippen LogP) is 1.71. The molecule has 0 aromatic carbocycles. The molecule has 148 valence electrons. The van der Waals surface area contributed by atoms with Gasteiger partial charge in [0.2, 0.25) is 5.91 Å². The molecule has 1 aromatic heterocycles. The standard InChI is InChI=1S/C20H31N5O2/c26-19(7-8-23-20(27)18-15-21-9-10-22-18)25-12-4-11-24(13-14-25)16-17-5-2-1-3-6-17/h9-10,15,17H,1-8,11-14,16H2,(H,23,27). The molecule has 2 heterocycles. The van der Waals surface area contributed by atoms with Crippen LogP contribution >= 0.6 is 0 Å². The zero-order valence-electron chi connectivity index (χ0n) is 16.1.